The molecule has 9 nitrogen and oxygen atoms in total. The van der Waals surface area contributed by atoms with E-state index in [0.717, 1.165) is 29.6 Å². The number of anilines is 3. The number of rotatable bonds is 7. The van der Waals surface area contributed by atoms with Gasteiger partial charge in [-0.1, -0.05) is 18.2 Å². The molecule has 1 aliphatic rings. The fourth-order valence-electron chi connectivity index (χ4n) is 3.80. The van der Waals surface area contributed by atoms with Crippen LogP contribution in [0.3, 0.4) is 0 Å². The number of pyridine rings is 2. The number of nitrogens with zero attached hydrogens (tertiary/aromatic N) is 5. The predicted octanol–water partition coefficient (Wildman–Crippen LogP) is 4.30. The number of nitrogens with one attached hydrogen (secondary N) is 2. The topological polar surface area (TPSA) is 105 Å². The van der Waals surface area contributed by atoms with Gasteiger partial charge in [0.15, 0.2) is 0 Å². The van der Waals surface area contributed by atoms with Gasteiger partial charge in [-0.25, -0.2) is 9.97 Å². The first kappa shape index (κ1) is 22.7. The van der Waals surface area contributed by atoms with Crippen LogP contribution in [0.1, 0.15) is 0 Å². The lowest BCUT2D eigenvalue weighted by Crippen LogP contribution is -2.51. The summed E-state index contributed by atoms with van der Waals surface area (Å²) in [5.41, 5.74) is 3.51. The van der Waals surface area contributed by atoms with E-state index in [9.17, 15) is 4.79 Å². The summed E-state index contributed by atoms with van der Waals surface area (Å²) in [6.45, 7) is 5.19. The Hall–Kier alpha value is -4.08. The lowest BCUT2D eigenvalue weighted by atomic mass is 10.1. The van der Waals surface area contributed by atoms with Crippen LogP contribution in [0.2, 0.25) is 5.02 Å². The first-order chi connectivity index (χ1) is 17.0. The van der Waals surface area contributed by atoms with Gasteiger partial charge in [0.25, 0.3) is 0 Å². The standard InChI is InChI=1S/C25H22ClN7O2/c1-3-23(34)31-21-7-18(4-5-22(21)35-19-13-33(2)14-19)30-25-29-10-16-9-28-12-20(24(16)32-25)15-6-17(26)11-27-8-15/h3-12,19H,1,13-14H2,2H3,(H,31,34)(H,29,30,32). The molecule has 1 aliphatic heterocycles. The van der Waals surface area contributed by atoms with Gasteiger partial charge in [-0.05, 0) is 37.4 Å². The quantitative estimate of drug-likeness (QED) is 0.372. The maximum atomic E-state index is 12.0. The Balaban J connectivity index is 1.45. The number of aromatic nitrogens is 4. The molecule has 35 heavy (non-hydrogen) atoms. The van der Waals surface area contributed by atoms with Gasteiger partial charge in [0.1, 0.15) is 11.9 Å². The number of amides is 1. The van der Waals surface area contributed by atoms with Crippen molar-refractivity contribution in [1.82, 2.24) is 24.8 Å². The molecular formula is C25H22ClN7O2. The highest BCUT2D eigenvalue weighted by molar-refractivity contribution is 6.30. The third-order valence-electron chi connectivity index (χ3n) is 5.51. The minimum atomic E-state index is -0.327. The van der Waals surface area contributed by atoms with E-state index in [-0.39, 0.29) is 12.0 Å². The number of hydrogen-bond donors (Lipinski definition) is 2. The Morgan fingerprint density at radius 3 is 2.77 bits per heavy atom. The average Bonchev–Trinajstić information content (AvgIpc) is 2.84. The number of carbonyl (C=O) groups excluding carboxylic acids is 1. The van der Waals surface area contributed by atoms with Gasteiger partial charge < -0.3 is 15.4 Å². The zero-order chi connectivity index (χ0) is 24.4. The molecule has 1 aromatic carbocycles. The Labute approximate surface area is 206 Å². The van der Waals surface area contributed by atoms with E-state index in [0.29, 0.717) is 33.6 Å². The fraction of sp³-hybridized carbons (Fsp3) is 0.160. The minimum absolute atomic E-state index is 0.0787. The highest BCUT2D eigenvalue weighted by atomic mass is 35.5. The Morgan fingerprint density at radius 1 is 1.17 bits per heavy atom. The minimum Gasteiger partial charge on any atom is -0.486 e. The molecule has 1 saturated heterocycles. The second kappa shape index (κ2) is 9.65. The summed E-state index contributed by atoms with van der Waals surface area (Å²) in [5.74, 6) is 0.646. The molecule has 0 atom stereocenters. The zero-order valence-corrected chi connectivity index (χ0v) is 19.7. The van der Waals surface area contributed by atoms with Crippen molar-refractivity contribution in [2.75, 3.05) is 30.8 Å². The van der Waals surface area contributed by atoms with Crippen LogP contribution < -0.4 is 15.4 Å². The van der Waals surface area contributed by atoms with Gasteiger partial charge in [-0.15, -0.1) is 0 Å². The summed E-state index contributed by atoms with van der Waals surface area (Å²) < 4.78 is 6.06. The van der Waals surface area contributed by atoms with Gasteiger partial charge in [0.2, 0.25) is 11.9 Å². The third-order valence-corrected chi connectivity index (χ3v) is 5.72. The Kier molecular flexibility index (Phi) is 6.26. The molecule has 0 bridgehead atoms. The first-order valence-corrected chi connectivity index (χ1v) is 11.3. The lowest BCUT2D eigenvalue weighted by molar-refractivity contribution is -0.111. The molecule has 4 aromatic rings. The normalized spacial score (nSPS) is 13.8. The van der Waals surface area contributed by atoms with Crippen LogP contribution in [-0.4, -0.2) is 57.0 Å². The summed E-state index contributed by atoms with van der Waals surface area (Å²) in [7, 11) is 2.03. The van der Waals surface area contributed by atoms with E-state index in [1.807, 2.05) is 25.2 Å². The number of ether oxygens (including phenoxy) is 1. The lowest BCUT2D eigenvalue weighted by Gasteiger charge is -2.36. The third kappa shape index (κ3) is 5.06. The van der Waals surface area contributed by atoms with Crippen molar-refractivity contribution < 1.29 is 9.53 Å². The van der Waals surface area contributed by atoms with E-state index < -0.39 is 0 Å². The fourth-order valence-corrected chi connectivity index (χ4v) is 3.98. The van der Waals surface area contributed by atoms with Crippen LogP contribution in [0, 0.1) is 0 Å². The number of likely N-dealkylation sites (N-methyl/N-ethyl adjacent to an activating group) is 1. The molecule has 2 N–H and O–H groups in total. The van der Waals surface area contributed by atoms with Gasteiger partial charge in [0, 0.05) is 66.3 Å². The molecule has 0 aliphatic carbocycles. The molecule has 0 unspecified atom stereocenters. The van der Waals surface area contributed by atoms with Gasteiger partial charge in [-0.3, -0.25) is 19.7 Å². The number of fused-ring (bicyclic) bond motifs is 1. The van der Waals surface area contributed by atoms with Crippen molar-refractivity contribution >= 4 is 45.7 Å². The van der Waals surface area contributed by atoms with Crippen molar-refractivity contribution in [2.45, 2.75) is 6.10 Å². The Bertz CT molecular complexity index is 1420. The molecule has 1 fully saturated rings. The van der Waals surface area contributed by atoms with E-state index in [1.165, 1.54) is 6.08 Å². The van der Waals surface area contributed by atoms with Crippen LogP contribution in [-0.2, 0) is 4.79 Å². The van der Waals surface area contributed by atoms with Gasteiger partial charge in [0.05, 0.1) is 16.2 Å². The van der Waals surface area contributed by atoms with Crippen LogP contribution >= 0.6 is 11.6 Å². The molecule has 0 spiro atoms. The van der Waals surface area contributed by atoms with E-state index >= 15 is 0 Å². The molecule has 176 valence electrons. The summed E-state index contributed by atoms with van der Waals surface area (Å²) in [4.78, 5) is 31.8. The number of carbonyl (C=O) groups is 1. The predicted molar refractivity (Wildman–Crippen MR) is 136 cm³/mol. The number of hydrogen-bond acceptors (Lipinski definition) is 8. The van der Waals surface area contributed by atoms with Gasteiger partial charge >= 0.3 is 0 Å². The number of halogens is 1. The van der Waals surface area contributed by atoms with Gasteiger partial charge in [-0.2, -0.15) is 0 Å². The molecule has 0 radical (unpaired) electrons. The molecule has 4 heterocycles. The van der Waals surface area contributed by atoms with E-state index in [1.54, 1.807) is 37.1 Å². The number of likely N-dealkylation sites (tertiary alicyclic amines) is 1. The van der Waals surface area contributed by atoms with E-state index in [4.69, 9.17) is 21.3 Å². The molecule has 3 aromatic heterocycles. The highest BCUT2D eigenvalue weighted by Gasteiger charge is 2.26. The molecular weight excluding hydrogens is 466 g/mol. The van der Waals surface area contributed by atoms with Crippen LogP contribution in [0.5, 0.6) is 5.75 Å². The van der Waals surface area contributed by atoms with E-state index in [2.05, 4.69) is 37.1 Å². The van der Waals surface area contributed by atoms with Crippen molar-refractivity contribution in [2.24, 2.45) is 0 Å². The zero-order valence-electron chi connectivity index (χ0n) is 18.9. The first-order valence-electron chi connectivity index (χ1n) is 10.9. The molecule has 0 saturated carbocycles. The van der Waals surface area contributed by atoms with Crippen molar-refractivity contribution in [3.05, 3.63) is 72.9 Å². The van der Waals surface area contributed by atoms with Crippen LogP contribution in [0.15, 0.2) is 67.9 Å². The van der Waals surface area contributed by atoms with Crippen LogP contribution in [0.4, 0.5) is 17.3 Å². The molecule has 10 heteroatoms. The average molecular weight is 488 g/mol. The monoisotopic (exact) mass is 487 g/mol. The maximum Gasteiger partial charge on any atom is 0.247 e. The largest absolute Gasteiger partial charge is 0.486 e. The summed E-state index contributed by atoms with van der Waals surface area (Å²) in [6, 6.07) is 7.25. The maximum absolute atomic E-state index is 12.0. The summed E-state index contributed by atoms with van der Waals surface area (Å²) in [5, 5.41) is 7.32. The van der Waals surface area contributed by atoms with Crippen molar-refractivity contribution in [3.63, 3.8) is 0 Å². The molecule has 5 rings (SSSR count). The van der Waals surface area contributed by atoms with Crippen molar-refractivity contribution in [1.29, 1.82) is 0 Å². The SMILES string of the molecule is C=CC(=O)Nc1cc(Nc2ncc3cncc(-c4cncc(Cl)c4)c3n2)ccc1OC1CN(C)C1. The van der Waals surface area contributed by atoms with Crippen LogP contribution in [0.25, 0.3) is 22.0 Å². The highest BCUT2D eigenvalue weighted by Crippen LogP contribution is 2.32. The second-order valence-electron chi connectivity index (χ2n) is 8.20. The van der Waals surface area contributed by atoms with Crippen molar-refractivity contribution in [3.8, 4) is 16.9 Å². The number of benzene rings is 1. The summed E-state index contributed by atoms with van der Waals surface area (Å²) in [6.07, 6.45) is 9.70. The molecule has 1 amide bonds. The smallest absolute Gasteiger partial charge is 0.247 e. The second-order valence-corrected chi connectivity index (χ2v) is 8.64. The Morgan fingerprint density at radius 2 is 2.00 bits per heavy atom. The summed E-state index contributed by atoms with van der Waals surface area (Å²) >= 11 is 6.13.